The summed E-state index contributed by atoms with van der Waals surface area (Å²) in [7, 11) is 0. The Morgan fingerprint density at radius 2 is 2.00 bits per heavy atom. The normalized spacial score (nSPS) is 10.3. The maximum atomic E-state index is 13.7. The molecule has 2 aromatic rings. The van der Waals surface area contributed by atoms with E-state index >= 15 is 0 Å². The molecule has 0 aliphatic heterocycles. The second-order valence-corrected chi connectivity index (χ2v) is 4.39. The first-order valence-corrected chi connectivity index (χ1v) is 5.97. The molecule has 0 fully saturated rings. The second kappa shape index (κ2) is 5.83. The van der Waals surface area contributed by atoms with Gasteiger partial charge in [0.15, 0.2) is 0 Å². The molecule has 0 atom stereocenters. The molecule has 104 valence electrons. The summed E-state index contributed by atoms with van der Waals surface area (Å²) in [4.78, 5) is 10.2. The predicted octanol–water partition coefficient (Wildman–Crippen LogP) is 4.14. The zero-order valence-corrected chi connectivity index (χ0v) is 10.8. The summed E-state index contributed by atoms with van der Waals surface area (Å²) >= 11 is 5.63. The smallest absolute Gasteiger partial charge is 0.292 e. The van der Waals surface area contributed by atoms with Gasteiger partial charge in [0, 0.05) is 24.2 Å². The number of benzene rings is 2. The van der Waals surface area contributed by atoms with Crippen LogP contribution in [0, 0.1) is 21.7 Å². The molecule has 0 aliphatic carbocycles. The predicted molar refractivity (Wildman–Crippen MR) is 71.8 cm³/mol. The first kappa shape index (κ1) is 14.2. The summed E-state index contributed by atoms with van der Waals surface area (Å²) in [5.74, 6) is -1.23. The summed E-state index contributed by atoms with van der Waals surface area (Å²) in [6, 6.07) is 7.46. The summed E-state index contributed by atoms with van der Waals surface area (Å²) in [6.07, 6.45) is 0. The van der Waals surface area contributed by atoms with E-state index in [1.807, 2.05) is 0 Å². The molecule has 2 aromatic carbocycles. The minimum absolute atomic E-state index is 0.0191. The Hall–Kier alpha value is -2.21. The Bertz CT molecular complexity index is 665. The van der Waals surface area contributed by atoms with E-state index in [2.05, 4.69) is 5.32 Å². The van der Waals surface area contributed by atoms with Crippen LogP contribution in [-0.2, 0) is 6.54 Å². The summed E-state index contributed by atoms with van der Waals surface area (Å²) in [6.45, 7) is -0.0450. The lowest BCUT2D eigenvalue weighted by Crippen LogP contribution is -2.05. The van der Waals surface area contributed by atoms with E-state index in [1.165, 1.54) is 12.1 Å². The Kier molecular flexibility index (Phi) is 4.14. The third kappa shape index (κ3) is 3.03. The third-order valence-corrected chi connectivity index (χ3v) is 2.95. The standard InChI is InChI=1S/C13H9ClF2N2O2/c14-10-3-1-2-8(13(10)16)7-17-11-6-9(15)4-5-12(11)18(19)20/h1-6,17H,7H2. The Labute approximate surface area is 118 Å². The van der Waals surface area contributed by atoms with Crippen molar-refractivity contribution in [1.82, 2.24) is 0 Å². The third-order valence-electron chi connectivity index (χ3n) is 2.66. The molecule has 4 nitrogen and oxygen atoms in total. The molecule has 0 saturated heterocycles. The van der Waals surface area contributed by atoms with Gasteiger partial charge in [0.05, 0.1) is 9.95 Å². The number of hydrogen-bond donors (Lipinski definition) is 1. The zero-order valence-electron chi connectivity index (χ0n) is 10.1. The molecule has 0 unspecified atom stereocenters. The van der Waals surface area contributed by atoms with Crippen LogP contribution in [0.4, 0.5) is 20.2 Å². The van der Waals surface area contributed by atoms with E-state index in [0.29, 0.717) is 0 Å². The fourth-order valence-corrected chi connectivity index (χ4v) is 1.88. The minimum atomic E-state index is -0.643. The van der Waals surface area contributed by atoms with Gasteiger partial charge in [-0.05, 0) is 12.1 Å². The van der Waals surface area contributed by atoms with Crippen LogP contribution in [0.25, 0.3) is 0 Å². The van der Waals surface area contributed by atoms with Crippen molar-refractivity contribution in [3.63, 3.8) is 0 Å². The van der Waals surface area contributed by atoms with Gasteiger partial charge in [-0.2, -0.15) is 0 Å². The summed E-state index contributed by atoms with van der Waals surface area (Å²) < 4.78 is 26.8. The molecule has 0 amide bonds. The van der Waals surface area contributed by atoms with Crippen LogP contribution in [-0.4, -0.2) is 4.92 Å². The lowest BCUT2D eigenvalue weighted by atomic mass is 10.2. The van der Waals surface area contributed by atoms with E-state index < -0.39 is 16.6 Å². The van der Waals surface area contributed by atoms with Crippen LogP contribution >= 0.6 is 11.6 Å². The lowest BCUT2D eigenvalue weighted by Gasteiger charge is -2.08. The van der Waals surface area contributed by atoms with Crippen molar-refractivity contribution < 1.29 is 13.7 Å². The number of anilines is 1. The molecule has 0 aliphatic rings. The van der Waals surface area contributed by atoms with Crippen LogP contribution in [0.5, 0.6) is 0 Å². The zero-order chi connectivity index (χ0) is 14.7. The van der Waals surface area contributed by atoms with Gasteiger partial charge >= 0.3 is 0 Å². The number of nitro groups is 1. The van der Waals surface area contributed by atoms with Gasteiger partial charge in [-0.15, -0.1) is 0 Å². The van der Waals surface area contributed by atoms with Crippen molar-refractivity contribution in [3.8, 4) is 0 Å². The van der Waals surface area contributed by atoms with E-state index in [1.54, 1.807) is 6.07 Å². The van der Waals surface area contributed by atoms with Gasteiger partial charge in [0.25, 0.3) is 5.69 Å². The molecule has 1 N–H and O–H groups in total. The SMILES string of the molecule is O=[N+]([O-])c1ccc(F)cc1NCc1cccc(Cl)c1F. The van der Waals surface area contributed by atoms with Gasteiger partial charge in [-0.25, -0.2) is 8.78 Å². The molecule has 7 heteroatoms. The molecular formula is C13H9ClF2N2O2. The summed E-state index contributed by atoms with van der Waals surface area (Å²) in [5, 5.41) is 13.4. The van der Waals surface area contributed by atoms with Crippen molar-refractivity contribution in [3.05, 3.63) is 68.7 Å². The van der Waals surface area contributed by atoms with Gasteiger partial charge in [0.1, 0.15) is 17.3 Å². The molecule has 0 saturated carbocycles. The summed E-state index contributed by atoms with van der Waals surface area (Å²) in [5.41, 5.74) is -0.0701. The average Bonchev–Trinajstić information content (AvgIpc) is 2.40. The van der Waals surface area contributed by atoms with Crippen molar-refractivity contribution in [2.24, 2.45) is 0 Å². The second-order valence-electron chi connectivity index (χ2n) is 3.99. The maximum Gasteiger partial charge on any atom is 0.292 e. The fourth-order valence-electron chi connectivity index (χ4n) is 1.68. The Morgan fingerprint density at radius 1 is 1.25 bits per heavy atom. The molecule has 0 bridgehead atoms. The van der Waals surface area contributed by atoms with Crippen LogP contribution in [0.3, 0.4) is 0 Å². The quantitative estimate of drug-likeness (QED) is 0.682. The first-order valence-electron chi connectivity index (χ1n) is 5.59. The van der Waals surface area contributed by atoms with Crippen molar-refractivity contribution in [2.75, 3.05) is 5.32 Å². The largest absolute Gasteiger partial charge is 0.375 e. The highest BCUT2D eigenvalue weighted by molar-refractivity contribution is 6.30. The maximum absolute atomic E-state index is 13.7. The molecular weight excluding hydrogens is 290 g/mol. The highest BCUT2D eigenvalue weighted by Crippen LogP contribution is 2.26. The number of nitro benzene ring substituents is 1. The molecule has 0 spiro atoms. The Morgan fingerprint density at radius 3 is 2.70 bits per heavy atom. The highest BCUT2D eigenvalue weighted by Gasteiger charge is 2.15. The number of hydrogen-bond acceptors (Lipinski definition) is 3. The topological polar surface area (TPSA) is 55.2 Å². The number of nitrogens with one attached hydrogen (secondary N) is 1. The molecule has 2 rings (SSSR count). The molecule has 20 heavy (non-hydrogen) atoms. The molecule has 0 heterocycles. The van der Waals surface area contributed by atoms with Crippen LogP contribution in [0.2, 0.25) is 5.02 Å². The van der Waals surface area contributed by atoms with E-state index in [9.17, 15) is 18.9 Å². The van der Waals surface area contributed by atoms with Crippen molar-refractivity contribution >= 4 is 23.0 Å². The number of rotatable bonds is 4. The van der Waals surface area contributed by atoms with Gasteiger partial charge in [0.2, 0.25) is 0 Å². The van der Waals surface area contributed by atoms with Gasteiger partial charge < -0.3 is 5.32 Å². The number of halogens is 3. The monoisotopic (exact) mass is 298 g/mol. The van der Waals surface area contributed by atoms with Crippen molar-refractivity contribution in [2.45, 2.75) is 6.54 Å². The van der Waals surface area contributed by atoms with Crippen molar-refractivity contribution in [1.29, 1.82) is 0 Å². The fraction of sp³-hybridized carbons (Fsp3) is 0.0769. The van der Waals surface area contributed by atoms with Gasteiger partial charge in [-0.3, -0.25) is 10.1 Å². The van der Waals surface area contributed by atoms with E-state index in [-0.39, 0.29) is 28.5 Å². The molecule has 0 aromatic heterocycles. The highest BCUT2D eigenvalue weighted by atomic mass is 35.5. The van der Waals surface area contributed by atoms with E-state index in [4.69, 9.17) is 11.6 Å². The Balaban J connectivity index is 2.24. The van der Waals surface area contributed by atoms with Crippen LogP contribution in [0.1, 0.15) is 5.56 Å². The average molecular weight is 299 g/mol. The van der Waals surface area contributed by atoms with Gasteiger partial charge in [-0.1, -0.05) is 23.7 Å². The minimum Gasteiger partial charge on any atom is -0.375 e. The lowest BCUT2D eigenvalue weighted by molar-refractivity contribution is -0.384. The van der Waals surface area contributed by atoms with Crippen LogP contribution in [0.15, 0.2) is 36.4 Å². The first-order chi connectivity index (χ1) is 9.49. The number of nitrogens with zero attached hydrogens (tertiary/aromatic N) is 1. The van der Waals surface area contributed by atoms with E-state index in [0.717, 1.165) is 18.2 Å². The van der Waals surface area contributed by atoms with Crippen LogP contribution < -0.4 is 5.32 Å². The molecule has 0 radical (unpaired) electrons.